The summed E-state index contributed by atoms with van der Waals surface area (Å²) in [5.74, 6) is -0.0222. The molecule has 0 aliphatic rings. The Morgan fingerprint density at radius 2 is 0.706 bits per heavy atom. The van der Waals surface area contributed by atoms with Crippen molar-refractivity contribution in [3.63, 3.8) is 0 Å². The Kier molecular flexibility index (Phi) is 57.0. The van der Waals surface area contributed by atoms with Crippen molar-refractivity contribution in [2.24, 2.45) is 0 Å². The molecule has 0 rings (SSSR count). The molecule has 6 heteroatoms. The number of ether oxygens (including phenoxy) is 1. The van der Waals surface area contributed by atoms with E-state index in [-0.39, 0.29) is 18.5 Å². The fourth-order valence-corrected chi connectivity index (χ4v) is 9.80. The molecule has 2 atom stereocenters. The van der Waals surface area contributed by atoms with Gasteiger partial charge in [0.1, 0.15) is 0 Å². The van der Waals surface area contributed by atoms with Crippen LogP contribution in [0.2, 0.25) is 0 Å². The number of rotatable bonds is 58. The SMILES string of the molecule is CCCC/C=C\CCCCCCCC(=O)OCCCCCCCCCCCCCCCCCCCCCCCCCCCCCCCC(=O)NC(CO)C(O)CCCCCCCCCCCCC. The highest BCUT2D eigenvalue weighted by Crippen LogP contribution is 2.18. The maximum Gasteiger partial charge on any atom is 0.305 e. The summed E-state index contributed by atoms with van der Waals surface area (Å²) in [6, 6.07) is -0.536. The third-order valence-corrected chi connectivity index (χ3v) is 14.6. The van der Waals surface area contributed by atoms with E-state index in [1.165, 1.54) is 270 Å². The molecule has 0 bridgehead atoms. The third-order valence-electron chi connectivity index (χ3n) is 14.6. The van der Waals surface area contributed by atoms with Crippen LogP contribution in [0.15, 0.2) is 12.2 Å². The number of amides is 1. The smallest absolute Gasteiger partial charge is 0.305 e. The van der Waals surface area contributed by atoms with E-state index in [4.69, 9.17) is 4.74 Å². The molecule has 0 fully saturated rings. The lowest BCUT2D eigenvalue weighted by Crippen LogP contribution is -2.45. The molecular weight excluding hydrogens is 839 g/mol. The van der Waals surface area contributed by atoms with Gasteiger partial charge >= 0.3 is 5.97 Å². The summed E-state index contributed by atoms with van der Waals surface area (Å²) >= 11 is 0. The van der Waals surface area contributed by atoms with Gasteiger partial charge in [-0.2, -0.15) is 0 Å². The van der Waals surface area contributed by atoms with Crippen LogP contribution in [-0.2, 0) is 14.3 Å². The van der Waals surface area contributed by atoms with Gasteiger partial charge in [-0.1, -0.05) is 302 Å². The molecule has 404 valence electrons. The lowest BCUT2D eigenvalue weighted by Gasteiger charge is -2.22. The number of hydrogen-bond donors (Lipinski definition) is 3. The van der Waals surface area contributed by atoms with Crippen LogP contribution in [0.3, 0.4) is 0 Å². The zero-order valence-electron chi connectivity index (χ0n) is 46.1. The van der Waals surface area contributed by atoms with Gasteiger partial charge in [-0.15, -0.1) is 0 Å². The van der Waals surface area contributed by atoms with Crippen molar-refractivity contribution in [3.05, 3.63) is 12.2 Å². The summed E-state index contributed by atoms with van der Waals surface area (Å²) < 4.78 is 5.46. The van der Waals surface area contributed by atoms with Gasteiger partial charge in [0.15, 0.2) is 0 Å². The third kappa shape index (κ3) is 53.9. The van der Waals surface area contributed by atoms with E-state index in [2.05, 4.69) is 31.3 Å². The van der Waals surface area contributed by atoms with Crippen molar-refractivity contribution in [1.29, 1.82) is 0 Å². The fraction of sp³-hybridized carbons (Fsp3) is 0.935. The summed E-state index contributed by atoms with van der Waals surface area (Å²) in [6.45, 7) is 4.93. The van der Waals surface area contributed by atoms with E-state index in [0.717, 1.165) is 44.9 Å². The van der Waals surface area contributed by atoms with Crippen molar-refractivity contribution < 1.29 is 24.5 Å². The van der Waals surface area contributed by atoms with Crippen molar-refractivity contribution in [2.75, 3.05) is 13.2 Å². The number of carbonyl (C=O) groups excluding carboxylic acids is 2. The highest BCUT2D eigenvalue weighted by molar-refractivity contribution is 5.76. The first-order valence-electron chi connectivity index (χ1n) is 30.9. The molecule has 0 aliphatic heterocycles. The molecule has 0 saturated heterocycles. The van der Waals surface area contributed by atoms with Crippen molar-refractivity contribution in [3.8, 4) is 0 Å². The zero-order chi connectivity index (χ0) is 49.3. The van der Waals surface area contributed by atoms with Gasteiger partial charge in [-0.3, -0.25) is 9.59 Å². The number of unbranched alkanes of at least 4 members (excludes halogenated alkanes) is 45. The number of esters is 1. The molecule has 0 aromatic rings. The summed E-state index contributed by atoms with van der Waals surface area (Å²) in [6.07, 6.45) is 69.5. The van der Waals surface area contributed by atoms with Gasteiger partial charge in [-0.05, 0) is 44.9 Å². The highest BCUT2D eigenvalue weighted by Gasteiger charge is 2.20. The van der Waals surface area contributed by atoms with Crippen LogP contribution in [-0.4, -0.2) is 47.4 Å². The second-order valence-corrected chi connectivity index (χ2v) is 21.4. The van der Waals surface area contributed by atoms with Crippen molar-refractivity contribution in [1.82, 2.24) is 5.32 Å². The average molecular weight is 961 g/mol. The molecule has 0 radical (unpaired) electrons. The van der Waals surface area contributed by atoms with Crippen LogP contribution >= 0.6 is 0 Å². The molecule has 0 heterocycles. The van der Waals surface area contributed by atoms with Crippen LogP contribution in [0.25, 0.3) is 0 Å². The Labute approximate surface area is 425 Å². The van der Waals surface area contributed by atoms with Gasteiger partial charge in [0, 0.05) is 12.8 Å². The van der Waals surface area contributed by atoms with Crippen molar-refractivity contribution >= 4 is 11.9 Å². The summed E-state index contributed by atoms with van der Waals surface area (Å²) in [7, 11) is 0. The first-order chi connectivity index (χ1) is 33.5. The number of carbonyl (C=O) groups is 2. The molecular formula is C62H121NO5. The second kappa shape index (κ2) is 58.2. The van der Waals surface area contributed by atoms with E-state index in [1.807, 2.05) is 0 Å². The first-order valence-corrected chi connectivity index (χ1v) is 30.9. The Bertz CT molecular complexity index is 1020. The molecule has 6 nitrogen and oxygen atoms in total. The first kappa shape index (κ1) is 66.6. The largest absolute Gasteiger partial charge is 0.466 e. The zero-order valence-corrected chi connectivity index (χ0v) is 46.1. The molecule has 3 N–H and O–H groups in total. The minimum atomic E-state index is -0.659. The van der Waals surface area contributed by atoms with Crippen molar-refractivity contribution in [2.45, 2.75) is 360 Å². The average Bonchev–Trinajstić information content (AvgIpc) is 3.34. The Hall–Kier alpha value is -1.40. The Balaban J connectivity index is 3.31. The summed E-state index contributed by atoms with van der Waals surface area (Å²) in [5.41, 5.74) is 0. The monoisotopic (exact) mass is 960 g/mol. The van der Waals surface area contributed by atoms with Gasteiger partial charge in [0.05, 0.1) is 25.4 Å². The molecule has 0 saturated carbocycles. The van der Waals surface area contributed by atoms with Crippen LogP contribution in [0.1, 0.15) is 348 Å². The topological polar surface area (TPSA) is 95.9 Å². The minimum absolute atomic E-state index is 0.00865. The van der Waals surface area contributed by atoms with Gasteiger partial charge in [-0.25, -0.2) is 0 Å². The van der Waals surface area contributed by atoms with E-state index >= 15 is 0 Å². The lowest BCUT2D eigenvalue weighted by atomic mass is 10.0. The van der Waals surface area contributed by atoms with E-state index < -0.39 is 12.1 Å². The number of allylic oxidation sites excluding steroid dienone is 2. The number of nitrogens with one attached hydrogen (secondary N) is 1. The predicted octanol–water partition coefficient (Wildman–Crippen LogP) is 19.2. The predicted molar refractivity (Wildman–Crippen MR) is 297 cm³/mol. The molecule has 1 amide bonds. The minimum Gasteiger partial charge on any atom is -0.466 e. The highest BCUT2D eigenvalue weighted by atomic mass is 16.5. The Morgan fingerprint density at radius 1 is 0.397 bits per heavy atom. The summed E-state index contributed by atoms with van der Waals surface area (Å²) in [4.78, 5) is 24.4. The molecule has 0 aromatic carbocycles. The van der Waals surface area contributed by atoms with Crippen LogP contribution in [0, 0.1) is 0 Å². The molecule has 2 unspecified atom stereocenters. The van der Waals surface area contributed by atoms with E-state index in [0.29, 0.717) is 25.9 Å². The number of aliphatic hydroxyl groups is 2. The summed E-state index contributed by atoms with van der Waals surface area (Å²) in [5, 5.41) is 23.2. The number of aliphatic hydroxyl groups excluding tert-OH is 2. The molecule has 0 aromatic heterocycles. The van der Waals surface area contributed by atoms with Gasteiger partial charge < -0.3 is 20.3 Å². The quantitative estimate of drug-likeness (QED) is 0.0321. The van der Waals surface area contributed by atoms with E-state index in [1.54, 1.807) is 0 Å². The number of hydrogen-bond acceptors (Lipinski definition) is 5. The Morgan fingerprint density at radius 3 is 1.09 bits per heavy atom. The maximum atomic E-state index is 12.4. The van der Waals surface area contributed by atoms with Crippen LogP contribution < -0.4 is 5.32 Å². The fourth-order valence-electron chi connectivity index (χ4n) is 9.80. The second-order valence-electron chi connectivity index (χ2n) is 21.4. The molecule has 0 spiro atoms. The van der Waals surface area contributed by atoms with Gasteiger partial charge in [0.2, 0.25) is 5.91 Å². The molecule has 68 heavy (non-hydrogen) atoms. The molecule has 0 aliphatic carbocycles. The maximum absolute atomic E-state index is 12.4. The van der Waals surface area contributed by atoms with Crippen LogP contribution in [0.5, 0.6) is 0 Å². The van der Waals surface area contributed by atoms with Gasteiger partial charge in [0.25, 0.3) is 0 Å². The van der Waals surface area contributed by atoms with E-state index in [9.17, 15) is 19.8 Å². The lowest BCUT2D eigenvalue weighted by molar-refractivity contribution is -0.143. The standard InChI is InChI=1S/C62H121NO5/c1-3-5-7-9-11-13-34-38-42-46-50-54-60(65)59(58-64)63-61(66)55-51-47-43-39-36-32-30-28-26-24-22-20-18-16-15-17-19-21-23-25-27-29-31-33-37-41-45-49-53-57-68-62(67)56-52-48-44-40-35-14-12-10-8-6-4-2/h10,12,59-60,64-65H,3-9,11,13-58H2,1-2H3,(H,63,66)/b12-10-. The van der Waals surface area contributed by atoms with Crippen LogP contribution in [0.4, 0.5) is 0 Å². The normalized spacial score (nSPS) is 12.6.